The molecule has 0 aromatic heterocycles. The molecule has 2 aromatic carbocycles. The van der Waals surface area contributed by atoms with Gasteiger partial charge in [0.05, 0.1) is 16.6 Å². The number of amides is 2. The van der Waals surface area contributed by atoms with Crippen molar-refractivity contribution < 1.29 is 18.7 Å². The third-order valence-electron chi connectivity index (χ3n) is 4.27. The molecule has 2 amide bonds. The Labute approximate surface area is 178 Å². The maximum atomic E-state index is 13.4. The zero-order chi connectivity index (χ0) is 21.0. The molecule has 0 spiro atoms. The van der Waals surface area contributed by atoms with Gasteiger partial charge in [-0.3, -0.25) is 14.5 Å². The molecule has 0 N–H and O–H groups in total. The second-order valence-electron chi connectivity index (χ2n) is 6.80. The highest BCUT2D eigenvalue weighted by Gasteiger charge is 2.39. The van der Waals surface area contributed by atoms with Gasteiger partial charge in [-0.15, -0.1) is 0 Å². The zero-order valence-corrected chi connectivity index (χ0v) is 17.7. The van der Waals surface area contributed by atoms with Crippen molar-refractivity contribution in [2.75, 3.05) is 13.2 Å². The van der Waals surface area contributed by atoms with E-state index in [-0.39, 0.29) is 24.5 Å². The van der Waals surface area contributed by atoms with Crippen LogP contribution in [0.4, 0.5) is 4.39 Å². The maximum Gasteiger partial charge on any atom is 0.268 e. The summed E-state index contributed by atoms with van der Waals surface area (Å²) in [7, 11) is 0. The largest absolute Gasteiger partial charge is 0.379 e. The molecule has 4 nitrogen and oxygen atoms in total. The summed E-state index contributed by atoms with van der Waals surface area (Å²) in [5.41, 5.74) is 0.807. The summed E-state index contributed by atoms with van der Waals surface area (Å²) in [5.74, 6) is -1.12. The van der Waals surface area contributed by atoms with Crippen LogP contribution in [-0.4, -0.2) is 36.0 Å². The Morgan fingerprint density at radius 3 is 2.31 bits per heavy atom. The van der Waals surface area contributed by atoms with Crippen molar-refractivity contribution in [2.45, 2.75) is 31.3 Å². The minimum atomic E-state index is -0.402. The Hall–Kier alpha value is -2.15. The van der Waals surface area contributed by atoms with Gasteiger partial charge in [-0.05, 0) is 62.2 Å². The van der Waals surface area contributed by atoms with Crippen LogP contribution in [0, 0.1) is 5.82 Å². The highest BCUT2D eigenvalue weighted by atomic mass is 35.5. The van der Waals surface area contributed by atoms with E-state index in [0.29, 0.717) is 34.1 Å². The average molecular weight is 434 g/mol. The van der Waals surface area contributed by atoms with Crippen molar-refractivity contribution >= 4 is 40.8 Å². The Morgan fingerprint density at radius 1 is 1.03 bits per heavy atom. The summed E-state index contributed by atoms with van der Waals surface area (Å²) in [6, 6.07) is 12.6. The molecule has 0 unspecified atom stereocenters. The van der Waals surface area contributed by atoms with Crippen LogP contribution >= 0.6 is 23.4 Å². The van der Waals surface area contributed by atoms with Gasteiger partial charge in [0.15, 0.2) is 0 Å². The predicted octanol–water partition coefficient (Wildman–Crippen LogP) is 5.17. The number of thioether (sulfide) groups is 1. The molecule has 1 aliphatic heterocycles. The highest BCUT2D eigenvalue weighted by Crippen LogP contribution is 2.40. The number of carbonyl (C=O) groups is 2. The summed E-state index contributed by atoms with van der Waals surface area (Å²) in [6.45, 7) is 4.59. The second-order valence-corrected chi connectivity index (χ2v) is 8.32. The van der Waals surface area contributed by atoms with Crippen molar-refractivity contribution in [2.24, 2.45) is 0 Å². The number of nitrogens with zero attached hydrogens (tertiary/aromatic N) is 1. The van der Waals surface area contributed by atoms with E-state index in [4.69, 9.17) is 16.3 Å². The number of ether oxygens (including phenoxy) is 1. The molecule has 0 radical (unpaired) electrons. The first-order chi connectivity index (χ1) is 13.9. The Morgan fingerprint density at radius 2 is 1.69 bits per heavy atom. The van der Waals surface area contributed by atoms with Crippen molar-refractivity contribution in [3.05, 3.63) is 69.8 Å². The van der Waals surface area contributed by atoms with E-state index in [2.05, 4.69) is 0 Å². The molecule has 29 heavy (non-hydrogen) atoms. The lowest BCUT2D eigenvalue weighted by Crippen LogP contribution is -2.33. The van der Waals surface area contributed by atoms with E-state index in [1.807, 2.05) is 13.8 Å². The Bertz CT molecular complexity index is 926. The smallest absolute Gasteiger partial charge is 0.268 e. The first-order valence-electron chi connectivity index (χ1n) is 9.28. The van der Waals surface area contributed by atoms with Crippen molar-refractivity contribution in [3.8, 4) is 0 Å². The fraction of sp³-hybridized carbons (Fsp3) is 0.273. The molecule has 1 aliphatic rings. The topological polar surface area (TPSA) is 46.6 Å². The van der Waals surface area contributed by atoms with E-state index >= 15 is 0 Å². The van der Waals surface area contributed by atoms with Crippen LogP contribution in [0.3, 0.4) is 0 Å². The van der Waals surface area contributed by atoms with Gasteiger partial charge >= 0.3 is 0 Å². The van der Waals surface area contributed by atoms with Crippen LogP contribution in [0.25, 0.3) is 5.57 Å². The van der Waals surface area contributed by atoms with Gasteiger partial charge in [0.1, 0.15) is 5.82 Å². The summed E-state index contributed by atoms with van der Waals surface area (Å²) in [6.07, 6.45) is 0.634. The monoisotopic (exact) mass is 433 g/mol. The first kappa shape index (κ1) is 21.6. The van der Waals surface area contributed by atoms with Gasteiger partial charge in [0.2, 0.25) is 0 Å². The molecule has 0 aliphatic carbocycles. The zero-order valence-electron chi connectivity index (χ0n) is 16.2. The molecule has 1 heterocycles. The van der Waals surface area contributed by atoms with Crippen LogP contribution in [0.2, 0.25) is 5.02 Å². The van der Waals surface area contributed by atoms with Crippen molar-refractivity contribution in [3.63, 3.8) is 0 Å². The number of benzene rings is 2. The molecule has 0 fully saturated rings. The van der Waals surface area contributed by atoms with Gasteiger partial charge in [0.25, 0.3) is 11.8 Å². The molecule has 3 rings (SSSR count). The predicted molar refractivity (Wildman–Crippen MR) is 113 cm³/mol. The van der Waals surface area contributed by atoms with E-state index < -0.39 is 5.82 Å². The Balaban J connectivity index is 1.88. The number of rotatable bonds is 8. The lowest BCUT2D eigenvalue weighted by atomic mass is 10.1. The summed E-state index contributed by atoms with van der Waals surface area (Å²) in [5, 5.41) is 0.586. The number of hydrogen-bond donors (Lipinski definition) is 0. The molecular formula is C22H21ClFNO3S. The van der Waals surface area contributed by atoms with Gasteiger partial charge in [0, 0.05) is 23.1 Å². The molecule has 152 valence electrons. The lowest BCUT2D eigenvalue weighted by Gasteiger charge is -2.15. The Kier molecular flexibility index (Phi) is 7.11. The third-order valence-corrected chi connectivity index (χ3v) is 5.61. The molecule has 0 bridgehead atoms. The third kappa shape index (κ3) is 5.26. The normalized spacial score (nSPS) is 14.4. The number of imide groups is 1. The molecular weight excluding hydrogens is 413 g/mol. The number of carbonyl (C=O) groups excluding carboxylic acids is 2. The minimum absolute atomic E-state index is 0.0869. The van der Waals surface area contributed by atoms with Gasteiger partial charge < -0.3 is 4.74 Å². The van der Waals surface area contributed by atoms with E-state index in [9.17, 15) is 14.0 Å². The van der Waals surface area contributed by atoms with Crippen LogP contribution in [-0.2, 0) is 14.3 Å². The van der Waals surface area contributed by atoms with Crippen LogP contribution < -0.4 is 0 Å². The fourth-order valence-electron chi connectivity index (χ4n) is 2.88. The van der Waals surface area contributed by atoms with E-state index in [1.54, 1.807) is 24.3 Å². The van der Waals surface area contributed by atoms with Crippen LogP contribution in [0.5, 0.6) is 0 Å². The number of hydrogen-bond acceptors (Lipinski definition) is 4. The van der Waals surface area contributed by atoms with E-state index in [0.717, 1.165) is 4.90 Å². The molecule has 7 heteroatoms. The van der Waals surface area contributed by atoms with Crippen LogP contribution in [0.1, 0.15) is 25.8 Å². The summed E-state index contributed by atoms with van der Waals surface area (Å²) < 4.78 is 18.9. The SMILES string of the molecule is CC(C)OCCCN1C(=O)C(Sc2ccc(Cl)cc2)=C(c2ccc(F)cc2)C1=O. The van der Waals surface area contributed by atoms with Gasteiger partial charge in [-0.1, -0.05) is 35.5 Å². The number of halogens is 2. The second kappa shape index (κ2) is 9.57. The van der Waals surface area contributed by atoms with Crippen molar-refractivity contribution in [1.82, 2.24) is 4.90 Å². The average Bonchev–Trinajstić information content (AvgIpc) is 2.91. The minimum Gasteiger partial charge on any atom is -0.379 e. The molecule has 0 saturated heterocycles. The molecule has 2 aromatic rings. The lowest BCUT2D eigenvalue weighted by molar-refractivity contribution is -0.136. The van der Waals surface area contributed by atoms with Gasteiger partial charge in [-0.25, -0.2) is 4.39 Å². The maximum absolute atomic E-state index is 13.4. The summed E-state index contributed by atoms with van der Waals surface area (Å²) >= 11 is 7.15. The highest BCUT2D eigenvalue weighted by molar-refractivity contribution is 8.04. The first-order valence-corrected chi connectivity index (χ1v) is 10.5. The summed E-state index contributed by atoms with van der Waals surface area (Å²) in [4.78, 5) is 28.5. The van der Waals surface area contributed by atoms with E-state index in [1.165, 1.54) is 40.9 Å². The van der Waals surface area contributed by atoms with Gasteiger partial charge in [-0.2, -0.15) is 0 Å². The quantitative estimate of drug-likeness (QED) is 0.426. The fourth-order valence-corrected chi connectivity index (χ4v) is 4.02. The molecule has 0 atom stereocenters. The standard InChI is InChI=1S/C22H21ClFNO3S/c1-14(2)28-13-3-12-25-21(26)19(15-4-8-17(24)9-5-15)20(22(25)27)29-18-10-6-16(23)7-11-18/h4-11,14H,3,12-13H2,1-2H3. The van der Waals surface area contributed by atoms with Crippen molar-refractivity contribution in [1.29, 1.82) is 0 Å². The molecule has 0 saturated carbocycles. The van der Waals surface area contributed by atoms with Crippen LogP contribution in [0.15, 0.2) is 58.3 Å².